The minimum Gasteiger partial charge on any atom is -0.469 e. The van der Waals surface area contributed by atoms with E-state index in [0.29, 0.717) is 22.8 Å². The minimum absolute atomic E-state index is 0.108. The molecule has 0 amide bonds. The first kappa shape index (κ1) is 16.8. The summed E-state index contributed by atoms with van der Waals surface area (Å²) >= 11 is 2.86. The lowest BCUT2D eigenvalue weighted by atomic mass is 10.2. The Hall–Kier alpha value is -2.65. The molecule has 0 saturated carbocycles. The van der Waals surface area contributed by atoms with Gasteiger partial charge in [0.1, 0.15) is 16.3 Å². The van der Waals surface area contributed by atoms with Gasteiger partial charge < -0.3 is 9.40 Å². The molecular formula is C17H15N5O2S2. The van der Waals surface area contributed by atoms with Crippen LogP contribution in [0.3, 0.4) is 0 Å². The molecule has 4 rings (SSSR count). The zero-order valence-electron chi connectivity index (χ0n) is 13.9. The number of thioether (sulfide) groups is 1. The number of aromatic nitrogens is 5. The maximum atomic E-state index is 12.1. The van der Waals surface area contributed by atoms with E-state index in [0.717, 1.165) is 27.8 Å². The molecule has 0 saturated heterocycles. The van der Waals surface area contributed by atoms with E-state index in [1.807, 2.05) is 29.0 Å². The van der Waals surface area contributed by atoms with Gasteiger partial charge >= 0.3 is 0 Å². The van der Waals surface area contributed by atoms with Crippen molar-refractivity contribution in [2.45, 2.75) is 24.4 Å². The van der Waals surface area contributed by atoms with Crippen LogP contribution in [0.25, 0.3) is 21.6 Å². The molecule has 0 fully saturated rings. The maximum Gasteiger partial charge on any atom is 0.268 e. The molecule has 0 aliphatic rings. The highest BCUT2D eigenvalue weighted by Crippen LogP contribution is 2.28. The Balaban J connectivity index is 1.63. The smallest absolute Gasteiger partial charge is 0.268 e. The highest BCUT2D eigenvalue weighted by molar-refractivity contribution is 7.98. The number of thiophene rings is 1. The Morgan fingerprint density at radius 2 is 2.31 bits per heavy atom. The largest absolute Gasteiger partial charge is 0.469 e. The molecule has 7 nitrogen and oxygen atoms in total. The molecule has 0 bridgehead atoms. The van der Waals surface area contributed by atoms with E-state index in [4.69, 9.17) is 4.42 Å². The fourth-order valence-corrected chi connectivity index (χ4v) is 4.17. The molecule has 26 heavy (non-hydrogen) atoms. The third kappa shape index (κ3) is 2.99. The van der Waals surface area contributed by atoms with Gasteiger partial charge in [-0.05, 0) is 24.4 Å². The van der Waals surface area contributed by atoms with Gasteiger partial charge in [0.15, 0.2) is 11.0 Å². The van der Waals surface area contributed by atoms with Gasteiger partial charge in [-0.2, -0.15) is 0 Å². The zero-order chi connectivity index (χ0) is 18.1. The number of hydrogen-bond acceptors (Lipinski definition) is 7. The molecule has 0 unspecified atom stereocenters. The molecule has 9 heteroatoms. The highest BCUT2D eigenvalue weighted by atomic mass is 32.2. The lowest BCUT2D eigenvalue weighted by Crippen LogP contribution is -2.09. The van der Waals surface area contributed by atoms with E-state index < -0.39 is 0 Å². The molecule has 0 atom stereocenters. The molecule has 0 radical (unpaired) electrons. The van der Waals surface area contributed by atoms with Crippen LogP contribution >= 0.6 is 23.1 Å². The lowest BCUT2D eigenvalue weighted by Gasteiger charge is -2.07. The molecule has 4 aromatic rings. The number of fused-ring (bicyclic) bond motifs is 1. The second-order valence-electron chi connectivity index (χ2n) is 5.53. The van der Waals surface area contributed by atoms with Gasteiger partial charge in [0, 0.05) is 6.54 Å². The second-order valence-corrected chi connectivity index (χ2v) is 7.39. The summed E-state index contributed by atoms with van der Waals surface area (Å²) in [5.41, 5.74) is 1.51. The third-order valence-electron chi connectivity index (χ3n) is 3.83. The van der Waals surface area contributed by atoms with Crippen LogP contribution in [-0.4, -0.2) is 24.7 Å². The van der Waals surface area contributed by atoms with Crippen molar-refractivity contribution < 1.29 is 4.42 Å². The fraction of sp³-hybridized carbons (Fsp3) is 0.176. The van der Waals surface area contributed by atoms with Crippen molar-refractivity contribution in [3.05, 3.63) is 58.4 Å². The Labute approximate surface area is 156 Å². The summed E-state index contributed by atoms with van der Waals surface area (Å²) in [5, 5.41) is 11.2. The van der Waals surface area contributed by atoms with E-state index in [1.165, 1.54) is 23.1 Å². The van der Waals surface area contributed by atoms with Gasteiger partial charge in [-0.15, -0.1) is 28.1 Å². The van der Waals surface area contributed by atoms with Crippen molar-refractivity contribution in [2.75, 3.05) is 0 Å². The Morgan fingerprint density at radius 1 is 1.42 bits per heavy atom. The molecule has 4 heterocycles. The first-order chi connectivity index (χ1) is 12.7. The van der Waals surface area contributed by atoms with Gasteiger partial charge in [-0.25, -0.2) is 4.98 Å². The van der Waals surface area contributed by atoms with Crippen LogP contribution in [-0.2, 0) is 12.3 Å². The predicted molar refractivity (Wildman–Crippen MR) is 102 cm³/mol. The zero-order valence-corrected chi connectivity index (χ0v) is 15.6. The van der Waals surface area contributed by atoms with Crippen molar-refractivity contribution in [1.82, 2.24) is 24.7 Å². The van der Waals surface area contributed by atoms with Gasteiger partial charge in [-0.3, -0.25) is 9.36 Å². The fourth-order valence-electron chi connectivity index (χ4n) is 2.63. The average Bonchev–Trinajstić information content (AvgIpc) is 3.33. The number of H-pyrrole nitrogens is 1. The first-order valence-corrected chi connectivity index (χ1v) is 9.71. The quantitative estimate of drug-likeness (QED) is 0.403. The molecule has 132 valence electrons. The van der Waals surface area contributed by atoms with Crippen molar-refractivity contribution in [1.29, 1.82) is 0 Å². The summed E-state index contributed by atoms with van der Waals surface area (Å²) in [6.07, 6.45) is 3.43. The molecule has 4 aromatic heterocycles. The van der Waals surface area contributed by atoms with E-state index in [1.54, 1.807) is 12.3 Å². The number of aryl methyl sites for hydroxylation is 1. The van der Waals surface area contributed by atoms with E-state index in [9.17, 15) is 4.79 Å². The van der Waals surface area contributed by atoms with Crippen molar-refractivity contribution in [2.24, 2.45) is 0 Å². The van der Waals surface area contributed by atoms with Crippen molar-refractivity contribution in [3.8, 4) is 11.4 Å². The topological polar surface area (TPSA) is 89.6 Å². The molecular weight excluding hydrogens is 370 g/mol. The summed E-state index contributed by atoms with van der Waals surface area (Å²) in [6, 6.07) is 3.72. The summed E-state index contributed by atoms with van der Waals surface area (Å²) in [5.74, 6) is 2.61. The van der Waals surface area contributed by atoms with Crippen molar-refractivity contribution >= 4 is 33.3 Å². The standard InChI is InChI=1S/C17H15N5O2S2/c1-3-6-22-15(11-4-7-24-10(11)2)20-21-17(22)26-9-13-18-12-5-8-25-14(12)16(23)19-13/h3-5,7-8H,1,6,9H2,2H3,(H,18,19,23). The van der Waals surface area contributed by atoms with Gasteiger partial charge in [-0.1, -0.05) is 17.8 Å². The van der Waals surface area contributed by atoms with Crippen molar-refractivity contribution in [3.63, 3.8) is 0 Å². The molecule has 0 aliphatic heterocycles. The van der Waals surface area contributed by atoms with Gasteiger partial charge in [0.25, 0.3) is 5.56 Å². The van der Waals surface area contributed by atoms with Crippen LogP contribution in [0.4, 0.5) is 0 Å². The molecule has 0 aliphatic carbocycles. The lowest BCUT2D eigenvalue weighted by molar-refractivity contribution is 0.534. The Morgan fingerprint density at radius 3 is 3.08 bits per heavy atom. The van der Waals surface area contributed by atoms with E-state index in [2.05, 4.69) is 26.7 Å². The van der Waals surface area contributed by atoms with Crippen LogP contribution in [0.1, 0.15) is 11.6 Å². The Bertz CT molecular complexity index is 1140. The summed E-state index contributed by atoms with van der Waals surface area (Å²) in [6.45, 7) is 6.27. The number of furan rings is 1. The second kappa shape index (κ2) is 6.93. The highest BCUT2D eigenvalue weighted by Gasteiger charge is 2.17. The van der Waals surface area contributed by atoms with Crippen LogP contribution in [0.15, 0.2) is 50.8 Å². The van der Waals surface area contributed by atoms with Crippen LogP contribution in [0, 0.1) is 6.92 Å². The summed E-state index contributed by atoms with van der Waals surface area (Å²) in [7, 11) is 0. The number of aromatic amines is 1. The number of nitrogens with zero attached hydrogens (tertiary/aromatic N) is 4. The van der Waals surface area contributed by atoms with E-state index >= 15 is 0 Å². The predicted octanol–water partition coefficient (Wildman–Crippen LogP) is 3.62. The maximum absolute atomic E-state index is 12.1. The summed E-state index contributed by atoms with van der Waals surface area (Å²) in [4.78, 5) is 19.4. The normalized spacial score (nSPS) is 11.3. The molecule has 1 N–H and O–H groups in total. The number of hydrogen-bond donors (Lipinski definition) is 1. The minimum atomic E-state index is -0.108. The van der Waals surface area contributed by atoms with Crippen LogP contribution in [0.2, 0.25) is 0 Å². The van der Waals surface area contributed by atoms with Crippen LogP contribution < -0.4 is 5.56 Å². The number of nitrogens with one attached hydrogen (secondary N) is 1. The number of allylic oxidation sites excluding steroid dienone is 1. The SMILES string of the molecule is C=CCn1c(SCc2nc3ccsc3c(=O)[nH]2)nnc1-c1ccoc1C. The molecule has 0 spiro atoms. The van der Waals surface area contributed by atoms with Crippen LogP contribution in [0.5, 0.6) is 0 Å². The summed E-state index contributed by atoms with van der Waals surface area (Å²) < 4.78 is 7.99. The van der Waals surface area contributed by atoms with E-state index in [-0.39, 0.29) is 5.56 Å². The first-order valence-electron chi connectivity index (χ1n) is 7.85. The number of rotatable bonds is 6. The average molecular weight is 385 g/mol. The van der Waals surface area contributed by atoms with Gasteiger partial charge in [0.2, 0.25) is 0 Å². The van der Waals surface area contributed by atoms with Gasteiger partial charge in [0.05, 0.1) is 23.1 Å². The monoisotopic (exact) mass is 385 g/mol. The third-order valence-corrected chi connectivity index (χ3v) is 5.71. The molecule has 0 aromatic carbocycles. The Kier molecular flexibility index (Phi) is 4.48.